The van der Waals surface area contributed by atoms with E-state index < -0.39 is 0 Å². The minimum Gasteiger partial charge on any atom is -0.351 e. The number of rotatable bonds is 1. The third-order valence-electron chi connectivity index (χ3n) is 5.00. The van der Waals surface area contributed by atoms with Crippen LogP contribution in [0.3, 0.4) is 0 Å². The largest absolute Gasteiger partial charge is 0.351 e. The van der Waals surface area contributed by atoms with E-state index in [1.165, 1.54) is 38.4 Å². The van der Waals surface area contributed by atoms with Crippen molar-refractivity contribution in [2.75, 3.05) is 0 Å². The molecule has 3 aromatic carbocycles. The van der Waals surface area contributed by atoms with Crippen molar-refractivity contribution in [2.45, 2.75) is 6.92 Å². The second-order valence-corrected chi connectivity index (χ2v) is 6.40. The number of aromatic nitrogens is 3. The lowest BCUT2D eigenvalue weighted by Crippen LogP contribution is -2.29. The number of fused-ring (bicyclic) bond motifs is 5. The fraction of sp³-hybridized carbons (Fsp3) is 0.0952. The van der Waals surface area contributed by atoms with Gasteiger partial charge in [-0.3, -0.25) is 0 Å². The summed E-state index contributed by atoms with van der Waals surface area (Å²) < 4.78 is 2.24. The lowest BCUT2D eigenvalue weighted by atomic mass is 10.1. The Morgan fingerprint density at radius 2 is 1.54 bits per heavy atom. The van der Waals surface area contributed by atoms with Gasteiger partial charge >= 0.3 is 0 Å². The molecule has 0 saturated heterocycles. The lowest BCUT2D eigenvalue weighted by Gasteiger charge is -1.99. The Hall–Kier alpha value is -3.07. The van der Waals surface area contributed by atoms with Crippen molar-refractivity contribution in [2.24, 2.45) is 7.05 Å². The molecule has 3 heteroatoms. The summed E-state index contributed by atoms with van der Waals surface area (Å²) in [5.41, 5.74) is 7.21. The standard InChI is InChI=1S/C21H17N3/c1-13-7-3-4-8-14(13)21-23-20-18(24(21)2)12-11-16-15-9-5-6-10-17(15)22-19(16)20/h3-12,22H,1-2H3/p+1. The maximum absolute atomic E-state index is 3.66. The van der Waals surface area contributed by atoms with E-state index in [0.717, 1.165) is 11.3 Å². The average Bonchev–Trinajstić information content (AvgIpc) is 3.14. The van der Waals surface area contributed by atoms with Crippen molar-refractivity contribution in [1.29, 1.82) is 0 Å². The summed E-state index contributed by atoms with van der Waals surface area (Å²) in [5.74, 6) is 1.13. The third kappa shape index (κ3) is 1.69. The molecule has 0 fully saturated rings. The maximum atomic E-state index is 3.66. The molecule has 116 valence electrons. The Bertz CT molecular complexity index is 1220. The number of para-hydroxylation sites is 1. The molecule has 2 N–H and O–H groups in total. The summed E-state index contributed by atoms with van der Waals surface area (Å²) in [5, 5.41) is 2.53. The molecule has 0 amide bonds. The predicted molar refractivity (Wildman–Crippen MR) is 99.0 cm³/mol. The molecule has 0 bridgehead atoms. The molecule has 5 rings (SSSR count). The molecule has 5 aromatic rings. The van der Waals surface area contributed by atoms with Crippen LogP contribution in [-0.4, -0.2) is 9.97 Å². The first-order valence-corrected chi connectivity index (χ1v) is 8.21. The fourth-order valence-corrected chi connectivity index (χ4v) is 3.72. The Morgan fingerprint density at radius 3 is 2.42 bits per heavy atom. The average molecular weight is 312 g/mol. The smallest absolute Gasteiger partial charge is 0.287 e. The van der Waals surface area contributed by atoms with E-state index in [2.05, 4.69) is 89.2 Å². The Balaban J connectivity index is 1.91. The molecule has 0 saturated carbocycles. The second kappa shape index (κ2) is 4.71. The second-order valence-electron chi connectivity index (χ2n) is 6.40. The molecule has 0 radical (unpaired) electrons. The molecule has 0 aliphatic heterocycles. The van der Waals surface area contributed by atoms with Gasteiger partial charge in [0.25, 0.3) is 5.82 Å². The van der Waals surface area contributed by atoms with Gasteiger partial charge in [0.2, 0.25) is 0 Å². The van der Waals surface area contributed by atoms with Crippen molar-refractivity contribution in [1.82, 2.24) is 9.97 Å². The van der Waals surface area contributed by atoms with Crippen molar-refractivity contribution >= 4 is 32.8 Å². The monoisotopic (exact) mass is 312 g/mol. The maximum Gasteiger partial charge on any atom is 0.287 e. The van der Waals surface area contributed by atoms with E-state index in [0.29, 0.717) is 0 Å². The zero-order chi connectivity index (χ0) is 16.3. The van der Waals surface area contributed by atoms with Crippen LogP contribution >= 0.6 is 0 Å². The van der Waals surface area contributed by atoms with Crippen LogP contribution in [0.1, 0.15) is 5.56 Å². The molecule has 0 spiro atoms. The minimum absolute atomic E-state index is 1.13. The molecule has 24 heavy (non-hydrogen) atoms. The Kier molecular flexibility index (Phi) is 2.63. The van der Waals surface area contributed by atoms with Crippen LogP contribution in [0.2, 0.25) is 0 Å². The fourth-order valence-electron chi connectivity index (χ4n) is 3.72. The summed E-state index contributed by atoms with van der Waals surface area (Å²) in [6, 6.07) is 21.4. The van der Waals surface area contributed by atoms with Crippen LogP contribution < -0.4 is 4.57 Å². The topological polar surface area (TPSA) is 35.5 Å². The zero-order valence-electron chi connectivity index (χ0n) is 13.7. The minimum atomic E-state index is 1.13. The molecule has 0 atom stereocenters. The van der Waals surface area contributed by atoms with Gasteiger partial charge in [0.05, 0.1) is 18.1 Å². The highest BCUT2D eigenvalue weighted by Crippen LogP contribution is 2.31. The summed E-state index contributed by atoms with van der Waals surface area (Å²) in [6.45, 7) is 2.15. The molecule has 0 aliphatic carbocycles. The highest BCUT2D eigenvalue weighted by molar-refractivity contribution is 6.15. The predicted octanol–water partition coefficient (Wildman–Crippen LogP) is 4.60. The van der Waals surface area contributed by atoms with E-state index in [9.17, 15) is 0 Å². The van der Waals surface area contributed by atoms with E-state index >= 15 is 0 Å². The van der Waals surface area contributed by atoms with Crippen LogP contribution in [0.5, 0.6) is 0 Å². The molecule has 3 nitrogen and oxygen atoms in total. The Morgan fingerprint density at radius 1 is 0.750 bits per heavy atom. The molecule has 0 unspecified atom stereocenters. The highest BCUT2D eigenvalue weighted by Gasteiger charge is 2.21. The number of aromatic amines is 2. The van der Waals surface area contributed by atoms with Gasteiger partial charge in [-0.1, -0.05) is 36.4 Å². The molecule has 0 aliphatic rings. The third-order valence-corrected chi connectivity index (χ3v) is 5.00. The summed E-state index contributed by atoms with van der Waals surface area (Å²) >= 11 is 0. The number of benzene rings is 3. The SMILES string of the molecule is Cc1ccccc1-c1[nH]c2c3[nH]c4ccccc4c3ccc2[n+]1C. The van der Waals surface area contributed by atoms with Crippen LogP contribution in [0.25, 0.3) is 44.2 Å². The van der Waals surface area contributed by atoms with E-state index in [-0.39, 0.29) is 0 Å². The van der Waals surface area contributed by atoms with Gasteiger partial charge in [-0.15, -0.1) is 0 Å². The van der Waals surface area contributed by atoms with Gasteiger partial charge in [0, 0.05) is 16.3 Å². The quantitative estimate of drug-likeness (QED) is 0.424. The van der Waals surface area contributed by atoms with Crippen LogP contribution in [0, 0.1) is 6.92 Å². The van der Waals surface area contributed by atoms with Crippen molar-refractivity contribution in [3.8, 4) is 11.4 Å². The number of nitrogens with zero attached hydrogens (tertiary/aromatic N) is 1. The highest BCUT2D eigenvalue weighted by atomic mass is 15.1. The summed E-state index contributed by atoms with van der Waals surface area (Å²) in [4.78, 5) is 7.24. The number of nitrogens with one attached hydrogen (secondary N) is 2. The van der Waals surface area contributed by atoms with Gasteiger partial charge in [-0.2, -0.15) is 0 Å². The summed E-state index contributed by atoms with van der Waals surface area (Å²) in [6.07, 6.45) is 0. The first kappa shape index (κ1) is 13.4. The van der Waals surface area contributed by atoms with Gasteiger partial charge in [-0.25, -0.2) is 9.55 Å². The van der Waals surface area contributed by atoms with E-state index in [4.69, 9.17) is 0 Å². The number of imidazole rings is 1. The molecular formula is C21H18N3+. The Labute approximate surface area is 139 Å². The van der Waals surface area contributed by atoms with Crippen LogP contribution in [-0.2, 0) is 7.05 Å². The van der Waals surface area contributed by atoms with Gasteiger partial charge < -0.3 is 4.98 Å². The van der Waals surface area contributed by atoms with Crippen molar-refractivity contribution in [3.63, 3.8) is 0 Å². The summed E-state index contributed by atoms with van der Waals surface area (Å²) in [7, 11) is 2.12. The lowest BCUT2D eigenvalue weighted by molar-refractivity contribution is -0.633. The molecular weight excluding hydrogens is 294 g/mol. The van der Waals surface area contributed by atoms with Gasteiger partial charge in [-0.05, 0) is 36.8 Å². The zero-order valence-corrected chi connectivity index (χ0v) is 13.7. The van der Waals surface area contributed by atoms with Gasteiger partial charge in [0.1, 0.15) is 0 Å². The van der Waals surface area contributed by atoms with Crippen LogP contribution in [0.4, 0.5) is 0 Å². The number of aryl methyl sites for hydroxylation is 2. The first-order valence-electron chi connectivity index (χ1n) is 8.21. The van der Waals surface area contributed by atoms with Crippen molar-refractivity contribution in [3.05, 3.63) is 66.2 Å². The normalized spacial score (nSPS) is 11.8. The van der Waals surface area contributed by atoms with E-state index in [1.807, 2.05) is 0 Å². The number of hydrogen-bond donors (Lipinski definition) is 2. The number of H-pyrrole nitrogens is 2. The van der Waals surface area contributed by atoms with Gasteiger partial charge in [0.15, 0.2) is 11.0 Å². The molecule has 2 aromatic heterocycles. The number of hydrogen-bond acceptors (Lipinski definition) is 0. The first-order chi connectivity index (χ1) is 11.7. The molecule has 2 heterocycles. The van der Waals surface area contributed by atoms with E-state index in [1.54, 1.807) is 0 Å². The van der Waals surface area contributed by atoms with Crippen LogP contribution in [0.15, 0.2) is 60.7 Å². The van der Waals surface area contributed by atoms with Crippen molar-refractivity contribution < 1.29 is 4.57 Å².